The third kappa shape index (κ3) is 4.09. The van der Waals surface area contributed by atoms with Crippen LogP contribution in [0, 0.1) is 0 Å². The van der Waals surface area contributed by atoms with Crippen molar-refractivity contribution in [1.82, 2.24) is 15.2 Å². The van der Waals surface area contributed by atoms with E-state index >= 15 is 0 Å². The van der Waals surface area contributed by atoms with Crippen LogP contribution in [0.1, 0.15) is 43.9 Å². The van der Waals surface area contributed by atoms with E-state index in [4.69, 9.17) is 10.5 Å². The summed E-state index contributed by atoms with van der Waals surface area (Å²) in [5.74, 6) is -0.657. The van der Waals surface area contributed by atoms with Gasteiger partial charge < -0.3 is 25.7 Å². The van der Waals surface area contributed by atoms with E-state index in [0.717, 1.165) is 40.3 Å². The molecular weight excluding hydrogens is 456 g/mol. The SMILES string of the molecule is NC(=O)c1cc(-c2ccc(C(=O)NC3CC3)cc2)cc2c1[nH]c1cc(C(=O)N3CCOCC3)ccc12. The molecule has 2 aliphatic rings. The monoisotopic (exact) mass is 482 g/mol. The van der Waals surface area contributed by atoms with Gasteiger partial charge in [0.05, 0.1) is 24.3 Å². The molecule has 0 bridgehead atoms. The number of amides is 3. The second-order valence-corrected chi connectivity index (χ2v) is 9.43. The highest BCUT2D eigenvalue weighted by Gasteiger charge is 2.24. The molecule has 2 heterocycles. The van der Waals surface area contributed by atoms with Crippen LogP contribution in [-0.2, 0) is 4.74 Å². The highest BCUT2D eigenvalue weighted by molar-refractivity contribution is 6.17. The van der Waals surface area contributed by atoms with Gasteiger partial charge in [-0.3, -0.25) is 14.4 Å². The second kappa shape index (κ2) is 8.80. The molecule has 1 saturated heterocycles. The lowest BCUT2D eigenvalue weighted by molar-refractivity contribution is 0.0303. The number of carbonyl (C=O) groups is 3. The van der Waals surface area contributed by atoms with E-state index in [1.807, 2.05) is 36.4 Å². The Bertz CT molecular complexity index is 1510. The fraction of sp³-hybridized carbons (Fsp3) is 0.250. The van der Waals surface area contributed by atoms with Crippen molar-refractivity contribution in [2.24, 2.45) is 5.73 Å². The first-order valence-corrected chi connectivity index (χ1v) is 12.2. The van der Waals surface area contributed by atoms with Crippen molar-refractivity contribution in [2.75, 3.05) is 26.3 Å². The van der Waals surface area contributed by atoms with Crippen LogP contribution >= 0.6 is 0 Å². The zero-order chi connectivity index (χ0) is 24.8. The smallest absolute Gasteiger partial charge is 0.254 e. The van der Waals surface area contributed by atoms with Gasteiger partial charge in [0.25, 0.3) is 17.7 Å². The topological polar surface area (TPSA) is 118 Å². The number of primary amides is 1. The third-order valence-electron chi connectivity index (χ3n) is 6.91. The lowest BCUT2D eigenvalue weighted by atomic mass is 9.97. The summed E-state index contributed by atoms with van der Waals surface area (Å²) in [5, 5.41) is 4.73. The van der Waals surface area contributed by atoms with Gasteiger partial charge in [0.1, 0.15) is 0 Å². The second-order valence-electron chi connectivity index (χ2n) is 9.43. The van der Waals surface area contributed by atoms with Crippen LogP contribution in [0.5, 0.6) is 0 Å². The average Bonchev–Trinajstić information content (AvgIpc) is 3.65. The number of aromatic nitrogens is 1. The number of H-pyrrole nitrogens is 1. The summed E-state index contributed by atoms with van der Waals surface area (Å²) in [5.41, 5.74) is 10.4. The van der Waals surface area contributed by atoms with Crippen LogP contribution in [0.25, 0.3) is 32.9 Å². The first-order valence-electron chi connectivity index (χ1n) is 12.2. The molecule has 4 aromatic rings. The van der Waals surface area contributed by atoms with Crippen molar-refractivity contribution in [1.29, 1.82) is 0 Å². The van der Waals surface area contributed by atoms with Crippen molar-refractivity contribution in [2.45, 2.75) is 18.9 Å². The quantitative estimate of drug-likeness (QED) is 0.404. The fourth-order valence-corrected chi connectivity index (χ4v) is 4.76. The summed E-state index contributed by atoms with van der Waals surface area (Å²) in [7, 11) is 0. The maximum Gasteiger partial charge on any atom is 0.254 e. The number of hydrogen-bond donors (Lipinski definition) is 3. The summed E-state index contributed by atoms with van der Waals surface area (Å²) in [6.45, 7) is 2.22. The van der Waals surface area contributed by atoms with Crippen LogP contribution in [0.2, 0.25) is 0 Å². The van der Waals surface area contributed by atoms with E-state index in [9.17, 15) is 14.4 Å². The Balaban J connectivity index is 1.38. The number of morpholine rings is 1. The molecule has 1 aliphatic carbocycles. The van der Waals surface area contributed by atoms with Crippen molar-refractivity contribution in [3.63, 3.8) is 0 Å². The van der Waals surface area contributed by atoms with Crippen LogP contribution in [0.3, 0.4) is 0 Å². The van der Waals surface area contributed by atoms with E-state index < -0.39 is 5.91 Å². The van der Waals surface area contributed by atoms with Gasteiger partial charge in [-0.25, -0.2) is 0 Å². The van der Waals surface area contributed by atoms with Gasteiger partial charge in [-0.15, -0.1) is 0 Å². The molecule has 0 unspecified atom stereocenters. The van der Waals surface area contributed by atoms with Crippen LogP contribution in [-0.4, -0.2) is 60.0 Å². The molecule has 182 valence electrons. The van der Waals surface area contributed by atoms with Gasteiger partial charge in [-0.2, -0.15) is 0 Å². The zero-order valence-corrected chi connectivity index (χ0v) is 19.7. The molecule has 1 aromatic heterocycles. The number of aromatic amines is 1. The number of nitrogens with one attached hydrogen (secondary N) is 2. The number of benzene rings is 3. The number of ether oxygens (including phenoxy) is 1. The van der Waals surface area contributed by atoms with Gasteiger partial charge in [0.15, 0.2) is 0 Å². The van der Waals surface area contributed by atoms with Gasteiger partial charge in [-0.05, 0) is 60.4 Å². The van der Waals surface area contributed by atoms with E-state index in [0.29, 0.717) is 54.6 Å². The van der Waals surface area contributed by atoms with Gasteiger partial charge in [0, 0.05) is 46.5 Å². The Labute approximate surface area is 207 Å². The molecule has 8 nitrogen and oxygen atoms in total. The molecule has 1 aliphatic heterocycles. The summed E-state index contributed by atoms with van der Waals surface area (Å²) in [6, 6.07) is 16.9. The van der Waals surface area contributed by atoms with Crippen LogP contribution < -0.4 is 11.1 Å². The minimum Gasteiger partial charge on any atom is -0.378 e. The molecule has 4 N–H and O–H groups in total. The van der Waals surface area contributed by atoms with Crippen molar-refractivity contribution in [3.8, 4) is 11.1 Å². The number of hydrogen-bond acceptors (Lipinski definition) is 4. The lowest BCUT2D eigenvalue weighted by Gasteiger charge is -2.26. The third-order valence-corrected chi connectivity index (χ3v) is 6.91. The van der Waals surface area contributed by atoms with Crippen LogP contribution in [0.4, 0.5) is 0 Å². The number of nitrogens with zero attached hydrogens (tertiary/aromatic N) is 1. The molecular formula is C28H26N4O4. The Morgan fingerprint density at radius 2 is 1.61 bits per heavy atom. The van der Waals surface area contributed by atoms with Crippen molar-refractivity contribution < 1.29 is 19.1 Å². The highest BCUT2D eigenvalue weighted by Crippen LogP contribution is 2.33. The molecule has 6 rings (SSSR count). The number of nitrogens with two attached hydrogens (primary N) is 1. The molecule has 0 atom stereocenters. The first-order chi connectivity index (χ1) is 17.5. The Morgan fingerprint density at radius 3 is 2.31 bits per heavy atom. The maximum absolute atomic E-state index is 13.0. The van der Waals surface area contributed by atoms with Crippen molar-refractivity contribution in [3.05, 3.63) is 71.3 Å². The average molecular weight is 483 g/mol. The molecule has 8 heteroatoms. The normalized spacial score (nSPS) is 15.8. The number of rotatable bonds is 5. The standard InChI is InChI=1S/C28H26N4O4/c29-26(33)23-14-19(16-1-3-17(4-2-16)27(34)30-20-6-7-20)13-22-21-8-5-18(15-24(21)31-25(22)23)28(35)32-9-11-36-12-10-32/h1-5,8,13-15,20,31H,6-7,9-12H2,(H2,29,33)(H,30,34). The van der Waals surface area contributed by atoms with Gasteiger partial charge >= 0.3 is 0 Å². The van der Waals surface area contributed by atoms with Crippen LogP contribution in [0.15, 0.2) is 54.6 Å². The Morgan fingerprint density at radius 1 is 0.889 bits per heavy atom. The summed E-state index contributed by atoms with van der Waals surface area (Å²) >= 11 is 0. The predicted molar refractivity (Wildman–Crippen MR) is 137 cm³/mol. The van der Waals surface area contributed by atoms with E-state index in [1.54, 1.807) is 23.1 Å². The van der Waals surface area contributed by atoms with E-state index in [1.165, 1.54) is 0 Å². The summed E-state index contributed by atoms with van der Waals surface area (Å²) in [6.07, 6.45) is 2.07. The van der Waals surface area contributed by atoms with Crippen molar-refractivity contribution >= 4 is 39.5 Å². The first kappa shape index (κ1) is 22.3. The Kier molecular flexibility index (Phi) is 5.45. The Hall–Kier alpha value is -4.17. The predicted octanol–water partition coefficient (Wildman–Crippen LogP) is 3.45. The minimum atomic E-state index is -0.543. The molecule has 1 saturated carbocycles. The van der Waals surface area contributed by atoms with E-state index in [2.05, 4.69) is 10.3 Å². The largest absolute Gasteiger partial charge is 0.378 e. The highest BCUT2D eigenvalue weighted by atomic mass is 16.5. The minimum absolute atomic E-state index is 0.0412. The molecule has 2 fully saturated rings. The summed E-state index contributed by atoms with van der Waals surface area (Å²) in [4.78, 5) is 42.8. The van der Waals surface area contributed by atoms with E-state index in [-0.39, 0.29) is 11.8 Å². The molecule has 0 spiro atoms. The molecule has 3 aromatic carbocycles. The molecule has 36 heavy (non-hydrogen) atoms. The number of fused-ring (bicyclic) bond motifs is 3. The zero-order valence-electron chi connectivity index (χ0n) is 19.7. The van der Waals surface area contributed by atoms with Gasteiger partial charge in [0.2, 0.25) is 0 Å². The number of carbonyl (C=O) groups excluding carboxylic acids is 3. The van der Waals surface area contributed by atoms with Gasteiger partial charge in [-0.1, -0.05) is 18.2 Å². The lowest BCUT2D eigenvalue weighted by Crippen LogP contribution is -2.40. The fourth-order valence-electron chi connectivity index (χ4n) is 4.76. The maximum atomic E-state index is 13.0. The molecule has 0 radical (unpaired) electrons. The molecule has 3 amide bonds. The summed E-state index contributed by atoms with van der Waals surface area (Å²) < 4.78 is 5.35.